The van der Waals surface area contributed by atoms with E-state index in [9.17, 15) is 0 Å². The van der Waals surface area contributed by atoms with Crippen LogP contribution in [0.15, 0.2) is 17.6 Å². The van der Waals surface area contributed by atoms with Crippen molar-refractivity contribution in [3.8, 4) is 0 Å². The number of nitrogens with one attached hydrogen (secondary N) is 2. The van der Waals surface area contributed by atoms with Gasteiger partial charge in [-0.3, -0.25) is 9.67 Å². The number of nitrogens with zero attached hydrogens (tertiary/aromatic N) is 4. The summed E-state index contributed by atoms with van der Waals surface area (Å²) in [6, 6.07) is 0. The molecular weight excluding hydrogens is 204 g/mol. The second-order valence-corrected chi connectivity index (χ2v) is 4.53. The van der Waals surface area contributed by atoms with Gasteiger partial charge in [0.05, 0.1) is 6.54 Å². The Labute approximate surface area is 96.2 Å². The number of hydrogen-bond acceptors (Lipinski definition) is 3. The molecule has 1 aromatic rings. The molecule has 1 aromatic heterocycles. The third-order valence-corrected chi connectivity index (χ3v) is 1.82. The van der Waals surface area contributed by atoms with Gasteiger partial charge in [0.2, 0.25) is 0 Å². The maximum absolute atomic E-state index is 4.14. The Bertz CT molecular complexity index is 322. The molecule has 0 unspecified atom stereocenters. The maximum atomic E-state index is 4.14. The molecule has 0 spiro atoms. The first-order valence-electron chi connectivity index (χ1n) is 5.32. The molecule has 0 fully saturated rings. The summed E-state index contributed by atoms with van der Waals surface area (Å²) < 4.78 is 1.78. The van der Waals surface area contributed by atoms with Crippen LogP contribution in [0.1, 0.15) is 20.8 Å². The van der Waals surface area contributed by atoms with Gasteiger partial charge in [0.15, 0.2) is 5.96 Å². The molecule has 6 nitrogen and oxygen atoms in total. The molecule has 1 rings (SSSR count). The molecule has 0 amide bonds. The highest BCUT2D eigenvalue weighted by Crippen LogP contribution is 1.97. The number of rotatable bonds is 3. The summed E-state index contributed by atoms with van der Waals surface area (Å²) in [4.78, 5) is 8.02. The summed E-state index contributed by atoms with van der Waals surface area (Å²) in [7, 11) is 1.76. The van der Waals surface area contributed by atoms with Crippen LogP contribution >= 0.6 is 0 Å². The molecule has 0 aliphatic rings. The molecule has 90 valence electrons. The van der Waals surface area contributed by atoms with E-state index in [-0.39, 0.29) is 5.54 Å². The fraction of sp³-hybridized carbons (Fsp3) is 0.700. The molecule has 0 saturated heterocycles. The minimum Gasteiger partial charge on any atom is -0.355 e. The van der Waals surface area contributed by atoms with Crippen molar-refractivity contribution in [3.63, 3.8) is 0 Å². The van der Waals surface area contributed by atoms with E-state index in [1.807, 2.05) is 0 Å². The van der Waals surface area contributed by atoms with Crippen molar-refractivity contribution in [2.45, 2.75) is 32.9 Å². The zero-order chi connectivity index (χ0) is 12.0. The first-order chi connectivity index (χ1) is 7.51. The molecule has 16 heavy (non-hydrogen) atoms. The van der Waals surface area contributed by atoms with Gasteiger partial charge >= 0.3 is 0 Å². The summed E-state index contributed by atoms with van der Waals surface area (Å²) in [6.45, 7) is 7.82. The summed E-state index contributed by atoms with van der Waals surface area (Å²) in [5.41, 5.74) is 0.00903. The Hall–Kier alpha value is -1.59. The van der Waals surface area contributed by atoms with Crippen LogP contribution in [0.5, 0.6) is 0 Å². The minimum atomic E-state index is 0.00903. The third kappa shape index (κ3) is 4.77. The van der Waals surface area contributed by atoms with Gasteiger partial charge in [0, 0.05) is 19.1 Å². The number of guanidine groups is 1. The predicted molar refractivity (Wildman–Crippen MR) is 64.3 cm³/mol. The first kappa shape index (κ1) is 12.5. The Morgan fingerprint density at radius 2 is 2.19 bits per heavy atom. The first-order valence-corrected chi connectivity index (χ1v) is 5.32. The largest absolute Gasteiger partial charge is 0.355 e. The van der Waals surface area contributed by atoms with E-state index in [4.69, 9.17) is 0 Å². The zero-order valence-electron chi connectivity index (χ0n) is 10.4. The number of aliphatic imine (C=N–C) groups is 1. The number of hydrogen-bond donors (Lipinski definition) is 2. The highest BCUT2D eigenvalue weighted by Gasteiger charge is 2.11. The van der Waals surface area contributed by atoms with E-state index in [0.29, 0.717) is 0 Å². The van der Waals surface area contributed by atoms with Crippen LogP contribution in [-0.4, -0.2) is 39.9 Å². The molecule has 0 bridgehead atoms. The Balaban J connectivity index is 2.30. The second kappa shape index (κ2) is 5.48. The van der Waals surface area contributed by atoms with E-state index in [1.165, 1.54) is 6.33 Å². The minimum absolute atomic E-state index is 0.00903. The van der Waals surface area contributed by atoms with Gasteiger partial charge in [-0.25, -0.2) is 4.98 Å². The lowest BCUT2D eigenvalue weighted by Crippen LogP contribution is -2.48. The van der Waals surface area contributed by atoms with Crippen LogP contribution < -0.4 is 10.6 Å². The lowest BCUT2D eigenvalue weighted by Gasteiger charge is -2.23. The number of aromatic nitrogens is 3. The van der Waals surface area contributed by atoms with Crippen molar-refractivity contribution in [2.75, 3.05) is 13.6 Å². The summed E-state index contributed by atoms with van der Waals surface area (Å²) in [5, 5.41) is 10.5. The average molecular weight is 224 g/mol. The maximum Gasteiger partial charge on any atom is 0.191 e. The van der Waals surface area contributed by atoms with Gasteiger partial charge in [-0.2, -0.15) is 5.10 Å². The highest BCUT2D eigenvalue weighted by atomic mass is 15.3. The van der Waals surface area contributed by atoms with Crippen molar-refractivity contribution in [1.29, 1.82) is 0 Å². The van der Waals surface area contributed by atoms with E-state index < -0.39 is 0 Å². The van der Waals surface area contributed by atoms with Crippen LogP contribution in [0, 0.1) is 0 Å². The molecule has 0 radical (unpaired) electrons. The van der Waals surface area contributed by atoms with Gasteiger partial charge in [-0.1, -0.05) is 0 Å². The fourth-order valence-electron chi connectivity index (χ4n) is 1.17. The molecule has 0 aromatic carbocycles. The molecule has 0 atom stereocenters. The van der Waals surface area contributed by atoms with Crippen molar-refractivity contribution in [2.24, 2.45) is 4.99 Å². The average Bonchev–Trinajstić information content (AvgIpc) is 2.67. The molecule has 0 aliphatic carbocycles. The van der Waals surface area contributed by atoms with Gasteiger partial charge in [0.1, 0.15) is 12.7 Å². The molecule has 2 N–H and O–H groups in total. The Kier molecular flexibility index (Phi) is 4.28. The topological polar surface area (TPSA) is 67.1 Å². The van der Waals surface area contributed by atoms with Crippen molar-refractivity contribution in [3.05, 3.63) is 12.7 Å². The van der Waals surface area contributed by atoms with Crippen LogP contribution in [0.2, 0.25) is 0 Å². The Morgan fingerprint density at radius 3 is 2.69 bits per heavy atom. The van der Waals surface area contributed by atoms with Crippen molar-refractivity contribution < 1.29 is 0 Å². The van der Waals surface area contributed by atoms with Gasteiger partial charge in [0.25, 0.3) is 0 Å². The monoisotopic (exact) mass is 224 g/mol. The van der Waals surface area contributed by atoms with E-state index >= 15 is 0 Å². The quantitative estimate of drug-likeness (QED) is 0.570. The van der Waals surface area contributed by atoms with E-state index in [2.05, 4.69) is 46.5 Å². The lowest BCUT2D eigenvalue weighted by molar-refractivity contribution is 0.497. The SMILES string of the molecule is CN=C(NCCn1cncn1)NC(C)(C)C. The molecule has 0 saturated carbocycles. The van der Waals surface area contributed by atoms with Gasteiger partial charge in [-0.05, 0) is 20.8 Å². The molecule has 6 heteroatoms. The predicted octanol–water partition coefficient (Wildman–Crippen LogP) is 0.242. The van der Waals surface area contributed by atoms with Crippen LogP contribution in [-0.2, 0) is 6.54 Å². The Morgan fingerprint density at radius 1 is 1.44 bits per heavy atom. The zero-order valence-corrected chi connectivity index (χ0v) is 10.4. The molecule has 0 aliphatic heterocycles. The third-order valence-electron chi connectivity index (χ3n) is 1.82. The van der Waals surface area contributed by atoms with Crippen LogP contribution in [0.25, 0.3) is 0 Å². The van der Waals surface area contributed by atoms with Crippen LogP contribution in [0.3, 0.4) is 0 Å². The molecular formula is C10H20N6. The summed E-state index contributed by atoms with van der Waals surface area (Å²) in [5.74, 6) is 0.799. The lowest BCUT2D eigenvalue weighted by atomic mass is 10.1. The highest BCUT2D eigenvalue weighted by molar-refractivity contribution is 5.80. The standard InChI is InChI=1S/C10H20N6/c1-10(2,3)15-9(11-4)13-5-6-16-8-12-7-14-16/h7-8H,5-6H2,1-4H3,(H2,11,13,15). The van der Waals surface area contributed by atoms with Crippen molar-refractivity contribution >= 4 is 5.96 Å². The van der Waals surface area contributed by atoms with Gasteiger partial charge < -0.3 is 10.6 Å². The van der Waals surface area contributed by atoms with E-state index in [0.717, 1.165) is 19.0 Å². The van der Waals surface area contributed by atoms with Gasteiger partial charge in [-0.15, -0.1) is 0 Å². The smallest absolute Gasteiger partial charge is 0.191 e. The summed E-state index contributed by atoms with van der Waals surface area (Å²) >= 11 is 0. The second-order valence-electron chi connectivity index (χ2n) is 4.53. The molecule has 1 heterocycles. The normalized spacial score (nSPS) is 12.6. The fourth-order valence-corrected chi connectivity index (χ4v) is 1.17. The van der Waals surface area contributed by atoms with E-state index in [1.54, 1.807) is 18.1 Å². The van der Waals surface area contributed by atoms with Crippen LogP contribution in [0.4, 0.5) is 0 Å². The summed E-state index contributed by atoms with van der Waals surface area (Å²) in [6.07, 6.45) is 3.23. The van der Waals surface area contributed by atoms with Crippen molar-refractivity contribution in [1.82, 2.24) is 25.4 Å².